The van der Waals surface area contributed by atoms with Crippen LogP contribution >= 0.6 is 0 Å². The fourth-order valence-corrected chi connectivity index (χ4v) is 3.51. The number of hydrogen-bond acceptors (Lipinski definition) is 6. The van der Waals surface area contributed by atoms with E-state index in [4.69, 9.17) is 4.52 Å². The lowest BCUT2D eigenvalue weighted by atomic mass is 9.92. The molecule has 2 aliphatic rings. The second kappa shape index (κ2) is 6.29. The van der Waals surface area contributed by atoms with Gasteiger partial charge in [-0.25, -0.2) is 0 Å². The van der Waals surface area contributed by atoms with Crippen LogP contribution in [0.1, 0.15) is 61.8 Å². The van der Waals surface area contributed by atoms with Gasteiger partial charge in [0.05, 0.1) is 12.7 Å². The van der Waals surface area contributed by atoms with Crippen molar-refractivity contribution in [2.75, 3.05) is 19.7 Å². The highest BCUT2D eigenvalue weighted by atomic mass is 16.5. The Hall–Kier alpha value is -1.73. The van der Waals surface area contributed by atoms with Crippen molar-refractivity contribution >= 4 is 0 Å². The van der Waals surface area contributed by atoms with Crippen molar-refractivity contribution in [3.63, 3.8) is 0 Å². The van der Waals surface area contributed by atoms with Crippen molar-refractivity contribution in [1.29, 1.82) is 0 Å². The summed E-state index contributed by atoms with van der Waals surface area (Å²) in [4.78, 5) is 6.82. The predicted octanol–water partition coefficient (Wildman–Crippen LogP) is 1.93. The summed E-state index contributed by atoms with van der Waals surface area (Å²) in [5.41, 5.74) is 1.21. The summed E-state index contributed by atoms with van der Waals surface area (Å²) in [5.74, 6) is 2.57. The molecular weight excluding hydrogens is 306 g/mol. The van der Waals surface area contributed by atoms with Crippen LogP contribution in [-0.2, 0) is 6.54 Å². The third-order valence-corrected chi connectivity index (χ3v) is 5.11. The van der Waals surface area contributed by atoms with Crippen LogP contribution < -0.4 is 0 Å². The first-order chi connectivity index (χ1) is 11.6. The molecule has 7 nitrogen and oxygen atoms in total. The summed E-state index contributed by atoms with van der Waals surface area (Å²) in [6.45, 7) is 6.85. The summed E-state index contributed by atoms with van der Waals surface area (Å²) in [6.07, 6.45) is 6.39. The number of aliphatic hydroxyl groups is 1. The van der Waals surface area contributed by atoms with Gasteiger partial charge in [-0.3, -0.25) is 9.58 Å². The van der Waals surface area contributed by atoms with Crippen LogP contribution in [0.25, 0.3) is 0 Å². The summed E-state index contributed by atoms with van der Waals surface area (Å²) in [5, 5.41) is 18.3. The molecule has 7 heteroatoms. The maximum absolute atomic E-state index is 9.78. The van der Waals surface area contributed by atoms with Gasteiger partial charge in [0.15, 0.2) is 5.82 Å². The zero-order chi connectivity index (χ0) is 16.7. The molecule has 0 aromatic carbocycles. The molecule has 0 spiro atoms. The van der Waals surface area contributed by atoms with Crippen molar-refractivity contribution in [2.24, 2.45) is 5.92 Å². The Morgan fingerprint density at radius 1 is 1.33 bits per heavy atom. The lowest BCUT2D eigenvalue weighted by Gasteiger charge is -2.14. The first-order valence-electron chi connectivity index (χ1n) is 8.83. The van der Waals surface area contributed by atoms with Gasteiger partial charge in [-0.2, -0.15) is 10.1 Å². The average molecular weight is 331 g/mol. The van der Waals surface area contributed by atoms with Gasteiger partial charge >= 0.3 is 0 Å². The fourth-order valence-electron chi connectivity index (χ4n) is 3.51. The van der Waals surface area contributed by atoms with Gasteiger partial charge < -0.3 is 9.63 Å². The maximum atomic E-state index is 9.78. The van der Waals surface area contributed by atoms with Gasteiger partial charge in [-0.05, 0) is 32.3 Å². The molecule has 0 unspecified atom stereocenters. The highest BCUT2D eigenvalue weighted by Gasteiger charge is 2.35. The van der Waals surface area contributed by atoms with E-state index in [1.165, 1.54) is 18.4 Å². The molecule has 1 saturated carbocycles. The third kappa shape index (κ3) is 3.10. The molecule has 2 aromatic rings. The van der Waals surface area contributed by atoms with E-state index in [0.29, 0.717) is 24.4 Å². The first kappa shape index (κ1) is 15.8. The van der Waals surface area contributed by atoms with Crippen LogP contribution in [-0.4, -0.2) is 49.6 Å². The van der Waals surface area contributed by atoms with Crippen molar-refractivity contribution in [1.82, 2.24) is 24.8 Å². The molecule has 1 saturated heterocycles. The van der Waals surface area contributed by atoms with E-state index in [0.717, 1.165) is 24.8 Å². The molecule has 0 amide bonds. The number of hydrogen-bond donors (Lipinski definition) is 1. The second-order valence-corrected chi connectivity index (χ2v) is 7.41. The minimum atomic E-state index is 0.188. The Morgan fingerprint density at radius 2 is 2.17 bits per heavy atom. The standard InChI is InChI=1S/C17H25N5O2/c1-11(2)22-7-13(5-18-22)15-8-21(6-14(15)10-23)9-16-19-17(24-20-16)12-3-4-12/h5,7,11-12,14-15,23H,3-4,6,8-10H2,1-2H3/t14-,15-/m0/s1. The summed E-state index contributed by atoms with van der Waals surface area (Å²) in [7, 11) is 0. The smallest absolute Gasteiger partial charge is 0.229 e. The molecule has 2 aromatic heterocycles. The minimum absolute atomic E-state index is 0.188. The normalized spacial score (nSPS) is 25.0. The predicted molar refractivity (Wildman–Crippen MR) is 87.5 cm³/mol. The summed E-state index contributed by atoms with van der Waals surface area (Å²) >= 11 is 0. The summed E-state index contributed by atoms with van der Waals surface area (Å²) < 4.78 is 7.32. The molecule has 130 valence electrons. The van der Waals surface area contributed by atoms with Gasteiger partial charge in [0.25, 0.3) is 0 Å². The first-order valence-corrected chi connectivity index (χ1v) is 8.83. The largest absolute Gasteiger partial charge is 0.396 e. The quantitative estimate of drug-likeness (QED) is 0.871. The van der Waals surface area contributed by atoms with E-state index < -0.39 is 0 Å². The molecular formula is C17H25N5O2. The van der Waals surface area contributed by atoms with Gasteiger partial charge in [0, 0.05) is 49.7 Å². The zero-order valence-electron chi connectivity index (χ0n) is 14.3. The molecule has 4 rings (SSSR count). The van der Waals surface area contributed by atoms with Crippen LogP contribution in [0.2, 0.25) is 0 Å². The molecule has 1 aliphatic heterocycles. The molecule has 1 aliphatic carbocycles. The summed E-state index contributed by atoms with van der Waals surface area (Å²) in [6, 6.07) is 0.351. The molecule has 3 heterocycles. The fraction of sp³-hybridized carbons (Fsp3) is 0.706. The van der Waals surface area contributed by atoms with E-state index in [2.05, 4.69) is 40.2 Å². The Morgan fingerprint density at radius 3 is 2.83 bits per heavy atom. The van der Waals surface area contributed by atoms with Gasteiger partial charge in [0.2, 0.25) is 5.89 Å². The Labute approximate surface area is 141 Å². The van der Waals surface area contributed by atoms with Crippen LogP contribution in [0.5, 0.6) is 0 Å². The highest BCUT2D eigenvalue weighted by molar-refractivity contribution is 5.16. The maximum Gasteiger partial charge on any atom is 0.229 e. The second-order valence-electron chi connectivity index (χ2n) is 7.41. The molecule has 2 fully saturated rings. The van der Waals surface area contributed by atoms with E-state index in [1.807, 2.05) is 10.9 Å². The monoisotopic (exact) mass is 331 g/mol. The topological polar surface area (TPSA) is 80.2 Å². The Bertz CT molecular complexity index is 691. The lowest BCUT2D eigenvalue weighted by Crippen LogP contribution is -2.21. The van der Waals surface area contributed by atoms with Crippen molar-refractivity contribution in [2.45, 2.75) is 51.1 Å². The number of rotatable bonds is 6. The van der Waals surface area contributed by atoms with E-state index in [-0.39, 0.29) is 12.5 Å². The zero-order valence-corrected chi connectivity index (χ0v) is 14.3. The number of nitrogens with zero attached hydrogens (tertiary/aromatic N) is 5. The van der Waals surface area contributed by atoms with E-state index in [9.17, 15) is 5.11 Å². The number of aliphatic hydroxyl groups excluding tert-OH is 1. The molecule has 0 bridgehead atoms. The van der Waals surface area contributed by atoms with Crippen molar-refractivity contribution < 1.29 is 9.63 Å². The average Bonchev–Trinajstić information content (AvgIpc) is 3.01. The van der Waals surface area contributed by atoms with Crippen LogP contribution in [0.15, 0.2) is 16.9 Å². The number of aromatic nitrogens is 4. The van der Waals surface area contributed by atoms with E-state index in [1.54, 1.807) is 0 Å². The number of likely N-dealkylation sites (tertiary alicyclic amines) is 1. The van der Waals surface area contributed by atoms with Crippen LogP contribution in [0, 0.1) is 5.92 Å². The SMILES string of the molecule is CC(C)n1cc([C@@H]2CN(Cc3noc(C4CC4)n3)C[C@H]2CO)cn1. The third-order valence-electron chi connectivity index (χ3n) is 5.11. The van der Waals surface area contributed by atoms with E-state index >= 15 is 0 Å². The molecule has 24 heavy (non-hydrogen) atoms. The van der Waals surface area contributed by atoms with Crippen LogP contribution in [0.4, 0.5) is 0 Å². The Balaban J connectivity index is 1.44. The minimum Gasteiger partial charge on any atom is -0.396 e. The Kier molecular flexibility index (Phi) is 4.14. The highest BCUT2D eigenvalue weighted by Crippen LogP contribution is 2.39. The van der Waals surface area contributed by atoms with Gasteiger partial charge in [-0.1, -0.05) is 5.16 Å². The molecule has 1 N–H and O–H groups in total. The molecule has 0 radical (unpaired) electrons. The van der Waals surface area contributed by atoms with Crippen molar-refractivity contribution in [3.8, 4) is 0 Å². The lowest BCUT2D eigenvalue weighted by molar-refractivity contribution is 0.212. The van der Waals surface area contributed by atoms with Crippen LogP contribution in [0.3, 0.4) is 0 Å². The van der Waals surface area contributed by atoms with Crippen molar-refractivity contribution in [3.05, 3.63) is 29.7 Å². The van der Waals surface area contributed by atoms with Gasteiger partial charge in [-0.15, -0.1) is 0 Å². The van der Waals surface area contributed by atoms with Gasteiger partial charge in [0.1, 0.15) is 0 Å². The molecule has 2 atom stereocenters.